The van der Waals surface area contributed by atoms with Crippen LogP contribution < -0.4 is 10.6 Å². The number of nitrogens with zero attached hydrogens (tertiary/aromatic N) is 2. The molecule has 1 aromatic rings. The maximum atomic E-state index is 5.93. The van der Waals surface area contributed by atoms with Gasteiger partial charge in [0.05, 0.1) is 11.9 Å². The van der Waals surface area contributed by atoms with Crippen molar-refractivity contribution < 1.29 is 0 Å². The number of rotatable bonds is 2. The molecule has 16 heavy (non-hydrogen) atoms. The molecule has 0 atom stereocenters. The number of hydrogen-bond donors (Lipinski definition) is 1. The van der Waals surface area contributed by atoms with Crippen molar-refractivity contribution in [2.45, 2.75) is 38.6 Å². The van der Waals surface area contributed by atoms with E-state index in [1.807, 2.05) is 12.4 Å². The van der Waals surface area contributed by atoms with E-state index in [-0.39, 0.29) is 0 Å². The zero-order valence-corrected chi connectivity index (χ0v) is 10.2. The fourth-order valence-corrected chi connectivity index (χ4v) is 2.29. The highest BCUT2D eigenvalue weighted by atomic mass is 15.1. The second-order valence-corrected chi connectivity index (χ2v) is 4.91. The van der Waals surface area contributed by atoms with Gasteiger partial charge < -0.3 is 10.6 Å². The third-order valence-corrected chi connectivity index (χ3v) is 3.34. The van der Waals surface area contributed by atoms with Gasteiger partial charge in [0.2, 0.25) is 0 Å². The van der Waals surface area contributed by atoms with E-state index in [2.05, 4.69) is 29.8 Å². The van der Waals surface area contributed by atoms with Crippen molar-refractivity contribution in [3.8, 4) is 0 Å². The summed E-state index contributed by atoms with van der Waals surface area (Å²) in [5, 5.41) is 0. The molecule has 0 aromatic carbocycles. The van der Waals surface area contributed by atoms with E-state index in [1.165, 1.54) is 11.3 Å². The highest BCUT2D eigenvalue weighted by Crippen LogP contribution is 2.28. The summed E-state index contributed by atoms with van der Waals surface area (Å²) in [5.74, 6) is 0.550. The molecule has 1 aliphatic rings. The van der Waals surface area contributed by atoms with Crippen molar-refractivity contribution in [3.63, 3.8) is 0 Å². The summed E-state index contributed by atoms with van der Waals surface area (Å²) < 4.78 is 0. The van der Waals surface area contributed by atoms with Gasteiger partial charge >= 0.3 is 0 Å². The van der Waals surface area contributed by atoms with Crippen molar-refractivity contribution in [2.24, 2.45) is 5.73 Å². The first-order valence-electron chi connectivity index (χ1n) is 6.13. The van der Waals surface area contributed by atoms with E-state index < -0.39 is 0 Å². The molecular formula is C13H21N3. The van der Waals surface area contributed by atoms with Crippen molar-refractivity contribution in [2.75, 3.05) is 18.0 Å². The predicted octanol–water partition coefficient (Wildman–Crippen LogP) is 2.13. The van der Waals surface area contributed by atoms with Gasteiger partial charge in [-0.25, -0.2) is 0 Å². The number of aromatic nitrogens is 1. The summed E-state index contributed by atoms with van der Waals surface area (Å²) >= 11 is 0. The number of hydrogen-bond acceptors (Lipinski definition) is 3. The molecule has 0 bridgehead atoms. The molecule has 0 unspecified atom stereocenters. The first-order chi connectivity index (χ1) is 7.68. The first kappa shape index (κ1) is 11.4. The van der Waals surface area contributed by atoms with Crippen molar-refractivity contribution in [3.05, 3.63) is 24.0 Å². The van der Waals surface area contributed by atoms with Gasteiger partial charge in [0, 0.05) is 25.3 Å². The fraction of sp³-hybridized carbons (Fsp3) is 0.615. The molecule has 88 valence electrons. The van der Waals surface area contributed by atoms with E-state index in [9.17, 15) is 0 Å². The molecule has 1 aliphatic heterocycles. The van der Waals surface area contributed by atoms with Crippen LogP contribution in [0.3, 0.4) is 0 Å². The Hall–Kier alpha value is -1.09. The van der Waals surface area contributed by atoms with Crippen LogP contribution in [0, 0.1) is 0 Å². The topological polar surface area (TPSA) is 42.2 Å². The maximum Gasteiger partial charge on any atom is 0.0587 e. The lowest BCUT2D eigenvalue weighted by Gasteiger charge is -2.33. The Morgan fingerprint density at radius 3 is 2.69 bits per heavy atom. The van der Waals surface area contributed by atoms with Crippen molar-refractivity contribution in [1.29, 1.82) is 0 Å². The summed E-state index contributed by atoms with van der Waals surface area (Å²) in [6.45, 7) is 6.59. The Morgan fingerprint density at radius 1 is 1.38 bits per heavy atom. The predicted molar refractivity (Wildman–Crippen MR) is 67.7 cm³/mol. The molecule has 0 spiro atoms. The van der Waals surface area contributed by atoms with Gasteiger partial charge in [-0.2, -0.15) is 0 Å². The standard InChI is InChI=1S/C13H21N3/c1-10(2)12-3-6-15-9-13(12)16-7-4-11(14)5-8-16/h3,6,9-11H,4-5,7-8,14H2,1-2H3. The first-order valence-corrected chi connectivity index (χ1v) is 6.13. The van der Waals surface area contributed by atoms with E-state index in [0.717, 1.165) is 25.9 Å². The quantitative estimate of drug-likeness (QED) is 0.828. The molecule has 0 aliphatic carbocycles. The summed E-state index contributed by atoms with van der Waals surface area (Å²) in [6, 6.07) is 2.52. The van der Waals surface area contributed by atoms with Crippen LogP contribution in [0.25, 0.3) is 0 Å². The number of piperidine rings is 1. The van der Waals surface area contributed by atoms with Gasteiger partial charge in [-0.15, -0.1) is 0 Å². The Kier molecular flexibility index (Phi) is 3.44. The molecule has 1 saturated heterocycles. The van der Waals surface area contributed by atoms with Crippen LogP contribution in [0.2, 0.25) is 0 Å². The third kappa shape index (κ3) is 2.35. The summed E-state index contributed by atoms with van der Waals surface area (Å²) in [6.07, 6.45) is 6.06. The molecule has 3 heteroatoms. The molecule has 0 amide bonds. The number of pyridine rings is 1. The van der Waals surface area contributed by atoms with Gasteiger partial charge in [0.1, 0.15) is 0 Å². The average molecular weight is 219 g/mol. The zero-order chi connectivity index (χ0) is 11.5. The maximum absolute atomic E-state index is 5.93. The Bertz CT molecular complexity index is 341. The van der Waals surface area contributed by atoms with Crippen LogP contribution in [-0.2, 0) is 0 Å². The molecule has 1 fully saturated rings. The Labute approximate surface area is 97.7 Å². The molecular weight excluding hydrogens is 198 g/mol. The number of nitrogens with two attached hydrogens (primary N) is 1. The minimum atomic E-state index is 0.385. The second-order valence-electron chi connectivity index (χ2n) is 4.91. The lowest BCUT2D eigenvalue weighted by molar-refractivity contribution is 0.499. The highest BCUT2D eigenvalue weighted by Gasteiger charge is 2.19. The minimum Gasteiger partial charge on any atom is -0.370 e. The monoisotopic (exact) mass is 219 g/mol. The van der Waals surface area contributed by atoms with Crippen LogP contribution in [0.4, 0.5) is 5.69 Å². The Morgan fingerprint density at radius 2 is 2.06 bits per heavy atom. The normalized spacial score (nSPS) is 18.1. The lowest BCUT2D eigenvalue weighted by Crippen LogP contribution is -2.40. The van der Waals surface area contributed by atoms with Crippen molar-refractivity contribution >= 4 is 5.69 Å². The van der Waals surface area contributed by atoms with E-state index in [0.29, 0.717) is 12.0 Å². The van der Waals surface area contributed by atoms with Crippen molar-refractivity contribution in [1.82, 2.24) is 4.98 Å². The van der Waals surface area contributed by atoms with Crippen LogP contribution in [0.15, 0.2) is 18.5 Å². The van der Waals surface area contributed by atoms with E-state index in [1.54, 1.807) is 0 Å². The number of anilines is 1. The van der Waals surface area contributed by atoms with Crippen LogP contribution in [0.5, 0.6) is 0 Å². The van der Waals surface area contributed by atoms with Crippen LogP contribution >= 0.6 is 0 Å². The molecule has 1 aromatic heterocycles. The third-order valence-electron chi connectivity index (χ3n) is 3.34. The highest BCUT2D eigenvalue weighted by molar-refractivity contribution is 5.53. The summed E-state index contributed by atoms with van der Waals surface area (Å²) in [5.41, 5.74) is 8.62. The minimum absolute atomic E-state index is 0.385. The van der Waals surface area contributed by atoms with Gasteiger partial charge in [-0.3, -0.25) is 4.98 Å². The lowest BCUT2D eigenvalue weighted by atomic mass is 10.00. The van der Waals surface area contributed by atoms with E-state index >= 15 is 0 Å². The Balaban J connectivity index is 2.19. The SMILES string of the molecule is CC(C)c1ccncc1N1CCC(N)CC1. The zero-order valence-electron chi connectivity index (χ0n) is 10.2. The van der Waals surface area contributed by atoms with Crippen LogP contribution in [-0.4, -0.2) is 24.1 Å². The molecule has 2 heterocycles. The fourth-order valence-electron chi connectivity index (χ4n) is 2.29. The molecule has 0 saturated carbocycles. The summed E-state index contributed by atoms with van der Waals surface area (Å²) in [7, 11) is 0. The second kappa shape index (κ2) is 4.83. The van der Waals surface area contributed by atoms with Crippen LogP contribution in [0.1, 0.15) is 38.2 Å². The van der Waals surface area contributed by atoms with Gasteiger partial charge in [0.25, 0.3) is 0 Å². The smallest absolute Gasteiger partial charge is 0.0587 e. The van der Waals surface area contributed by atoms with E-state index in [4.69, 9.17) is 5.73 Å². The van der Waals surface area contributed by atoms with Gasteiger partial charge in [-0.1, -0.05) is 13.8 Å². The average Bonchev–Trinajstić information content (AvgIpc) is 2.30. The summed E-state index contributed by atoms with van der Waals surface area (Å²) in [4.78, 5) is 6.67. The molecule has 3 nitrogen and oxygen atoms in total. The van der Waals surface area contributed by atoms with Gasteiger partial charge in [-0.05, 0) is 30.4 Å². The molecule has 2 N–H and O–H groups in total. The molecule has 2 rings (SSSR count). The largest absolute Gasteiger partial charge is 0.370 e. The van der Waals surface area contributed by atoms with Gasteiger partial charge in [0.15, 0.2) is 0 Å². The molecule has 0 radical (unpaired) electrons.